The average Bonchev–Trinajstić information content (AvgIpc) is 2.53. The van der Waals surface area contributed by atoms with Crippen LogP contribution >= 0.6 is 11.6 Å². The highest BCUT2D eigenvalue weighted by Gasteiger charge is 2.22. The molecule has 0 saturated carbocycles. The van der Waals surface area contributed by atoms with Gasteiger partial charge in [0.1, 0.15) is 0 Å². The summed E-state index contributed by atoms with van der Waals surface area (Å²) >= 11 is 5.61. The van der Waals surface area contributed by atoms with E-state index in [1.54, 1.807) is 36.4 Å². The summed E-state index contributed by atoms with van der Waals surface area (Å²) in [6.45, 7) is 4.49. The predicted octanol–water partition coefficient (Wildman–Crippen LogP) is 3.97. The van der Waals surface area contributed by atoms with Gasteiger partial charge in [-0.2, -0.15) is 4.31 Å². The molecule has 0 atom stereocenters. The van der Waals surface area contributed by atoms with Gasteiger partial charge in [-0.1, -0.05) is 49.1 Å². The molecule has 0 aromatic heterocycles. The molecule has 0 amide bonds. The molecule has 0 aliphatic carbocycles. The fraction of sp³-hybridized carbons (Fsp3) is 0.444. The molecule has 0 saturated heterocycles. The predicted molar refractivity (Wildman–Crippen MR) is 97.1 cm³/mol. The molecule has 0 aliphatic rings. The Balaban J connectivity index is 2.93. The molecule has 0 heterocycles. The second kappa shape index (κ2) is 10.5. The second-order valence-corrected chi connectivity index (χ2v) is 7.44. The Hall–Kier alpha value is -1.28. The number of unbranched alkanes of at least 4 members (excludes halogenated alkanes) is 2. The van der Waals surface area contributed by atoms with Crippen molar-refractivity contribution < 1.29 is 8.42 Å². The zero-order valence-electron chi connectivity index (χ0n) is 13.8. The number of hydrogen-bond donors (Lipinski definition) is 0. The van der Waals surface area contributed by atoms with Crippen LogP contribution in [0.25, 0.3) is 0 Å². The van der Waals surface area contributed by atoms with Gasteiger partial charge < -0.3 is 0 Å². The van der Waals surface area contributed by atoms with E-state index < -0.39 is 10.0 Å². The van der Waals surface area contributed by atoms with Gasteiger partial charge >= 0.3 is 0 Å². The van der Waals surface area contributed by atoms with Crippen LogP contribution in [-0.4, -0.2) is 31.7 Å². The minimum absolute atomic E-state index is 0.187. The quantitative estimate of drug-likeness (QED) is 0.307. The lowest BCUT2D eigenvalue weighted by atomic mass is 10.2. The van der Waals surface area contributed by atoms with E-state index >= 15 is 0 Å². The number of aryl methyl sites for hydroxylation is 1. The van der Waals surface area contributed by atoms with Crippen LogP contribution in [0.2, 0.25) is 0 Å². The summed E-state index contributed by atoms with van der Waals surface area (Å²) in [6.07, 6.45) is 6.41. The topological polar surface area (TPSA) is 37.4 Å². The summed E-state index contributed by atoms with van der Waals surface area (Å²) in [6, 6.07) is 6.86. The number of benzene rings is 1. The van der Waals surface area contributed by atoms with Crippen molar-refractivity contribution in [2.75, 3.05) is 19.0 Å². The lowest BCUT2D eigenvalue weighted by molar-refractivity contribution is 0.478. The summed E-state index contributed by atoms with van der Waals surface area (Å²) in [5.41, 5.74) is 1.02. The van der Waals surface area contributed by atoms with Crippen molar-refractivity contribution in [2.45, 2.75) is 38.0 Å². The Kier molecular flexibility index (Phi) is 9.01. The fourth-order valence-electron chi connectivity index (χ4n) is 1.86. The Morgan fingerprint density at radius 2 is 1.87 bits per heavy atom. The van der Waals surface area contributed by atoms with Gasteiger partial charge in [-0.15, -0.1) is 17.5 Å². The first-order valence-corrected chi connectivity index (χ1v) is 9.73. The first-order valence-electron chi connectivity index (χ1n) is 7.76. The molecular formula is C18H24ClNO2S. The third kappa shape index (κ3) is 6.78. The van der Waals surface area contributed by atoms with Crippen LogP contribution in [0.5, 0.6) is 0 Å². The van der Waals surface area contributed by atoms with E-state index in [1.807, 2.05) is 6.92 Å². The number of alkyl halides is 1. The molecule has 1 rings (SSSR count). The van der Waals surface area contributed by atoms with E-state index in [0.717, 1.165) is 24.8 Å². The van der Waals surface area contributed by atoms with Gasteiger partial charge in [-0.3, -0.25) is 0 Å². The van der Waals surface area contributed by atoms with E-state index in [-0.39, 0.29) is 18.0 Å². The maximum atomic E-state index is 12.7. The summed E-state index contributed by atoms with van der Waals surface area (Å²) in [5.74, 6) is 6.36. The highest BCUT2D eigenvalue weighted by molar-refractivity contribution is 7.89. The highest BCUT2D eigenvalue weighted by Crippen LogP contribution is 2.16. The second-order valence-electron chi connectivity index (χ2n) is 5.19. The molecule has 1 aromatic carbocycles. The van der Waals surface area contributed by atoms with Crippen LogP contribution in [0.15, 0.2) is 41.3 Å². The number of sulfonamides is 1. The van der Waals surface area contributed by atoms with E-state index in [1.165, 1.54) is 4.31 Å². The van der Waals surface area contributed by atoms with E-state index in [9.17, 15) is 8.42 Å². The van der Waals surface area contributed by atoms with Gasteiger partial charge in [-0.25, -0.2) is 8.42 Å². The largest absolute Gasteiger partial charge is 0.244 e. The minimum Gasteiger partial charge on any atom is -0.207 e. The van der Waals surface area contributed by atoms with E-state index in [2.05, 4.69) is 18.8 Å². The number of nitrogens with zero attached hydrogens (tertiary/aromatic N) is 1. The molecule has 3 nitrogen and oxygen atoms in total. The van der Waals surface area contributed by atoms with Crippen LogP contribution in [0.3, 0.4) is 0 Å². The molecular weight excluding hydrogens is 330 g/mol. The zero-order valence-corrected chi connectivity index (χ0v) is 15.3. The van der Waals surface area contributed by atoms with Crippen molar-refractivity contribution in [1.29, 1.82) is 0 Å². The number of allylic oxidation sites excluding steroid dienone is 1. The summed E-state index contributed by atoms with van der Waals surface area (Å²) < 4.78 is 26.9. The lowest BCUT2D eigenvalue weighted by Crippen LogP contribution is -2.31. The van der Waals surface area contributed by atoms with E-state index in [0.29, 0.717) is 5.88 Å². The van der Waals surface area contributed by atoms with Crippen molar-refractivity contribution in [3.63, 3.8) is 0 Å². The summed E-state index contributed by atoms with van der Waals surface area (Å²) in [7, 11) is -3.55. The van der Waals surface area contributed by atoms with Gasteiger partial charge in [0, 0.05) is 18.8 Å². The fourth-order valence-corrected chi connectivity index (χ4v) is 3.28. The standard InChI is InChI=1S/C18H24ClNO2S/c1-3-4-5-6-8-15-20(16-9-7-14-19)23(21,22)18-12-10-17(2)11-13-18/h7,9-13H,3-5,14-16H2,1-2H3/b9-7+. The number of rotatable bonds is 8. The van der Waals surface area contributed by atoms with Gasteiger partial charge in [-0.05, 0) is 25.5 Å². The third-order valence-electron chi connectivity index (χ3n) is 3.26. The smallest absolute Gasteiger partial charge is 0.207 e. The molecule has 5 heteroatoms. The van der Waals surface area contributed by atoms with Crippen LogP contribution < -0.4 is 0 Å². The van der Waals surface area contributed by atoms with E-state index in [4.69, 9.17) is 11.6 Å². The van der Waals surface area contributed by atoms with Gasteiger partial charge in [0.2, 0.25) is 10.0 Å². The molecule has 0 unspecified atom stereocenters. The monoisotopic (exact) mass is 353 g/mol. The lowest BCUT2D eigenvalue weighted by Gasteiger charge is -2.18. The van der Waals surface area contributed by atoms with Crippen molar-refractivity contribution >= 4 is 21.6 Å². The SMILES string of the molecule is CCCCC#CCN(C/C=C/CCl)S(=O)(=O)c1ccc(C)cc1. The number of halogens is 1. The first-order chi connectivity index (χ1) is 11.0. The van der Waals surface area contributed by atoms with Crippen molar-refractivity contribution in [1.82, 2.24) is 4.31 Å². The van der Waals surface area contributed by atoms with Crippen LogP contribution in [0, 0.1) is 18.8 Å². The number of hydrogen-bond acceptors (Lipinski definition) is 2. The third-order valence-corrected chi connectivity index (χ3v) is 5.26. The van der Waals surface area contributed by atoms with Crippen LogP contribution in [-0.2, 0) is 10.0 Å². The molecule has 0 aliphatic heterocycles. The molecule has 126 valence electrons. The molecule has 0 N–H and O–H groups in total. The Labute approximate surface area is 145 Å². The van der Waals surface area contributed by atoms with Crippen LogP contribution in [0.4, 0.5) is 0 Å². The highest BCUT2D eigenvalue weighted by atomic mass is 35.5. The van der Waals surface area contributed by atoms with Crippen molar-refractivity contribution in [3.8, 4) is 11.8 Å². The summed E-state index contributed by atoms with van der Waals surface area (Å²) in [4.78, 5) is 0.290. The van der Waals surface area contributed by atoms with Crippen molar-refractivity contribution in [2.24, 2.45) is 0 Å². The average molecular weight is 354 g/mol. The zero-order chi connectivity index (χ0) is 17.1. The normalized spacial score (nSPS) is 11.7. The van der Waals surface area contributed by atoms with Gasteiger partial charge in [0.15, 0.2) is 0 Å². The Morgan fingerprint density at radius 1 is 1.17 bits per heavy atom. The first kappa shape index (κ1) is 19.8. The van der Waals surface area contributed by atoms with Gasteiger partial charge in [0.25, 0.3) is 0 Å². The molecule has 0 radical (unpaired) electrons. The summed E-state index contributed by atoms with van der Waals surface area (Å²) in [5, 5.41) is 0. The Morgan fingerprint density at radius 3 is 2.48 bits per heavy atom. The molecule has 1 aromatic rings. The Bertz CT molecular complexity index is 655. The maximum Gasteiger partial charge on any atom is 0.244 e. The molecule has 23 heavy (non-hydrogen) atoms. The van der Waals surface area contributed by atoms with Crippen LogP contribution in [0.1, 0.15) is 31.7 Å². The maximum absolute atomic E-state index is 12.7. The molecule has 0 spiro atoms. The molecule has 0 fully saturated rings. The minimum atomic E-state index is -3.55. The van der Waals surface area contributed by atoms with Crippen molar-refractivity contribution in [3.05, 3.63) is 42.0 Å². The molecule has 0 bridgehead atoms. The van der Waals surface area contributed by atoms with Gasteiger partial charge in [0.05, 0.1) is 11.4 Å².